The summed E-state index contributed by atoms with van der Waals surface area (Å²) in [4.78, 5) is 24.3. The highest BCUT2D eigenvalue weighted by molar-refractivity contribution is 7.20. The van der Waals surface area contributed by atoms with Crippen LogP contribution in [0.25, 0.3) is 15.9 Å². The van der Waals surface area contributed by atoms with Crippen LogP contribution in [-0.2, 0) is 0 Å². The van der Waals surface area contributed by atoms with Crippen LogP contribution in [-0.4, -0.2) is 26.3 Å². The second-order valence-corrected chi connectivity index (χ2v) is 7.64. The average Bonchev–Trinajstić information content (AvgIpc) is 3.33. The Hall–Kier alpha value is -3.85. The molecular weight excluding hydrogens is 402 g/mol. The fourth-order valence-corrected chi connectivity index (χ4v) is 4.05. The van der Waals surface area contributed by atoms with Gasteiger partial charge in [0.2, 0.25) is 0 Å². The molecule has 0 bridgehead atoms. The number of hydrogen-bond donors (Lipinski definition) is 1. The third-order valence-electron chi connectivity index (χ3n) is 4.59. The normalized spacial score (nSPS) is 11.6. The van der Waals surface area contributed by atoms with Crippen LogP contribution in [0.5, 0.6) is 0 Å². The number of fused-ring (bicyclic) bond motifs is 1. The van der Waals surface area contributed by atoms with E-state index >= 15 is 0 Å². The van der Waals surface area contributed by atoms with E-state index in [2.05, 4.69) is 15.6 Å². The second-order valence-electron chi connectivity index (χ2n) is 6.60. The molecule has 0 atom stereocenters. The number of amides is 1. The van der Waals surface area contributed by atoms with Gasteiger partial charge in [0.05, 0.1) is 26.9 Å². The molecule has 0 fully saturated rings. The molecule has 0 saturated heterocycles. The molecule has 9 heteroatoms. The topological polar surface area (TPSA) is 102 Å². The third-order valence-corrected chi connectivity index (χ3v) is 5.70. The Morgan fingerprint density at radius 3 is 2.53 bits per heavy atom. The largest absolute Gasteiger partial charge is 0.281 e. The van der Waals surface area contributed by atoms with E-state index in [1.807, 2.05) is 48.0 Å². The maximum Gasteiger partial charge on any atom is 0.281 e. The van der Waals surface area contributed by atoms with Crippen molar-refractivity contribution < 1.29 is 9.72 Å². The predicted molar refractivity (Wildman–Crippen MR) is 116 cm³/mol. The number of nitrogens with one attached hydrogen (secondary N) is 1. The van der Waals surface area contributed by atoms with Crippen molar-refractivity contribution in [2.45, 2.75) is 13.8 Å². The Morgan fingerprint density at radius 1 is 1.17 bits per heavy atom. The number of nitrogens with zero attached hydrogens (tertiary/aromatic N) is 4. The molecule has 2 aromatic carbocycles. The highest BCUT2D eigenvalue weighted by atomic mass is 32.1. The summed E-state index contributed by atoms with van der Waals surface area (Å²) >= 11 is 1.34. The van der Waals surface area contributed by atoms with Crippen molar-refractivity contribution in [2.24, 2.45) is 5.10 Å². The van der Waals surface area contributed by atoms with E-state index in [1.54, 1.807) is 19.1 Å². The van der Waals surface area contributed by atoms with E-state index in [4.69, 9.17) is 0 Å². The first kappa shape index (κ1) is 19.5. The molecule has 0 aliphatic rings. The average molecular weight is 419 g/mol. The summed E-state index contributed by atoms with van der Waals surface area (Å²) in [7, 11) is 0. The second kappa shape index (κ2) is 7.88. The lowest BCUT2D eigenvalue weighted by molar-refractivity contribution is -0.384. The Kier molecular flexibility index (Phi) is 5.11. The van der Waals surface area contributed by atoms with Crippen LogP contribution in [0.2, 0.25) is 0 Å². The van der Waals surface area contributed by atoms with Crippen molar-refractivity contribution in [2.75, 3.05) is 0 Å². The number of para-hydroxylation sites is 1. The zero-order valence-corrected chi connectivity index (χ0v) is 17.0. The first-order valence-electron chi connectivity index (χ1n) is 9.08. The molecule has 1 N–H and O–H groups in total. The first-order valence-corrected chi connectivity index (χ1v) is 9.90. The molecule has 0 aliphatic carbocycles. The number of aryl methyl sites for hydroxylation is 1. The van der Waals surface area contributed by atoms with E-state index in [0.29, 0.717) is 16.2 Å². The van der Waals surface area contributed by atoms with Gasteiger partial charge in [-0.25, -0.2) is 10.1 Å². The van der Waals surface area contributed by atoms with Gasteiger partial charge in [-0.3, -0.25) is 14.9 Å². The highest BCUT2D eigenvalue weighted by Gasteiger charge is 2.17. The maximum absolute atomic E-state index is 12.6. The van der Waals surface area contributed by atoms with Gasteiger partial charge < -0.3 is 0 Å². The van der Waals surface area contributed by atoms with Crippen LogP contribution >= 0.6 is 11.3 Å². The quantitative estimate of drug-likeness (QED) is 0.293. The molecule has 0 radical (unpaired) electrons. The summed E-state index contributed by atoms with van der Waals surface area (Å²) in [5, 5.41) is 20.4. The summed E-state index contributed by atoms with van der Waals surface area (Å²) in [5.41, 5.74) is 5.57. The number of hydrogen-bond acceptors (Lipinski definition) is 6. The Labute approximate surface area is 175 Å². The minimum atomic E-state index is -0.460. The number of nitro groups is 1. The van der Waals surface area contributed by atoms with Crippen LogP contribution in [0.1, 0.15) is 27.9 Å². The standard InChI is InChI=1S/C21H17N5O3S/c1-13(15-8-10-17(11-9-15)26(28)29)22-23-20(27)19-12-18-14(2)24-25(21(18)30-19)16-6-4-3-5-7-16/h3-12H,1-2H3,(H,23,27)/b22-13+. The third kappa shape index (κ3) is 3.70. The molecule has 2 aromatic heterocycles. The minimum absolute atomic E-state index is 0.00342. The molecule has 4 rings (SSSR count). The predicted octanol–water partition coefficient (Wildman–Crippen LogP) is 4.46. The fourth-order valence-electron chi connectivity index (χ4n) is 2.98. The molecule has 30 heavy (non-hydrogen) atoms. The van der Waals surface area contributed by atoms with Gasteiger partial charge in [0.1, 0.15) is 4.83 Å². The Balaban J connectivity index is 1.56. The summed E-state index contributed by atoms with van der Waals surface area (Å²) in [6, 6.07) is 17.6. The van der Waals surface area contributed by atoms with Gasteiger partial charge in [-0.2, -0.15) is 10.2 Å². The number of rotatable bonds is 5. The smallest absolute Gasteiger partial charge is 0.266 e. The molecule has 0 spiro atoms. The summed E-state index contributed by atoms with van der Waals surface area (Å²) in [5.74, 6) is -0.323. The number of carbonyl (C=O) groups excluding carboxylic acids is 1. The minimum Gasteiger partial charge on any atom is -0.266 e. The SMILES string of the molecule is C/C(=N\NC(=O)c1cc2c(C)nn(-c3ccccc3)c2s1)c1ccc([N+](=O)[O-])cc1. The van der Waals surface area contributed by atoms with E-state index in [0.717, 1.165) is 21.6 Å². The molecule has 8 nitrogen and oxygen atoms in total. The van der Waals surface area contributed by atoms with Crippen LogP contribution in [0.4, 0.5) is 5.69 Å². The van der Waals surface area contributed by atoms with Gasteiger partial charge >= 0.3 is 0 Å². The van der Waals surface area contributed by atoms with Crippen molar-refractivity contribution in [1.82, 2.24) is 15.2 Å². The molecular formula is C21H17N5O3S. The van der Waals surface area contributed by atoms with Crippen molar-refractivity contribution in [3.8, 4) is 5.69 Å². The van der Waals surface area contributed by atoms with E-state index in [9.17, 15) is 14.9 Å². The summed E-state index contributed by atoms with van der Waals surface area (Å²) < 4.78 is 1.83. The summed E-state index contributed by atoms with van der Waals surface area (Å²) in [6.45, 7) is 3.64. The monoisotopic (exact) mass is 419 g/mol. The molecule has 1 amide bonds. The lowest BCUT2D eigenvalue weighted by atomic mass is 10.1. The van der Waals surface area contributed by atoms with E-state index in [-0.39, 0.29) is 11.6 Å². The van der Waals surface area contributed by atoms with Gasteiger partial charge in [-0.05, 0) is 49.7 Å². The van der Waals surface area contributed by atoms with Crippen LogP contribution < -0.4 is 5.43 Å². The van der Waals surface area contributed by atoms with Gasteiger partial charge in [-0.15, -0.1) is 11.3 Å². The van der Waals surface area contributed by atoms with Crippen molar-refractivity contribution >= 4 is 38.9 Å². The molecule has 2 heterocycles. The van der Waals surface area contributed by atoms with Crippen molar-refractivity contribution in [1.29, 1.82) is 0 Å². The van der Waals surface area contributed by atoms with Crippen LogP contribution in [0.3, 0.4) is 0 Å². The van der Waals surface area contributed by atoms with Crippen LogP contribution in [0, 0.1) is 17.0 Å². The molecule has 0 saturated carbocycles. The maximum atomic E-state index is 12.6. The Morgan fingerprint density at radius 2 is 1.87 bits per heavy atom. The van der Waals surface area contributed by atoms with Gasteiger partial charge in [0.25, 0.3) is 11.6 Å². The lowest BCUT2D eigenvalue weighted by Gasteiger charge is -2.02. The van der Waals surface area contributed by atoms with Crippen molar-refractivity contribution in [3.63, 3.8) is 0 Å². The molecule has 4 aromatic rings. The van der Waals surface area contributed by atoms with Crippen LogP contribution in [0.15, 0.2) is 65.8 Å². The number of aromatic nitrogens is 2. The number of carbonyl (C=O) groups is 1. The van der Waals surface area contributed by atoms with Gasteiger partial charge in [-0.1, -0.05) is 18.2 Å². The molecule has 0 aliphatic heterocycles. The van der Waals surface area contributed by atoms with Gasteiger partial charge in [0.15, 0.2) is 0 Å². The fraction of sp³-hybridized carbons (Fsp3) is 0.0952. The first-order chi connectivity index (χ1) is 14.4. The molecule has 0 unspecified atom stereocenters. The lowest BCUT2D eigenvalue weighted by Crippen LogP contribution is -2.18. The number of nitro benzene ring substituents is 1. The van der Waals surface area contributed by atoms with Gasteiger partial charge in [0, 0.05) is 17.5 Å². The zero-order chi connectivity index (χ0) is 21.3. The highest BCUT2D eigenvalue weighted by Crippen LogP contribution is 2.30. The number of non-ortho nitro benzene ring substituents is 1. The zero-order valence-electron chi connectivity index (χ0n) is 16.2. The van der Waals surface area contributed by atoms with E-state index < -0.39 is 4.92 Å². The Bertz CT molecular complexity index is 1270. The summed E-state index contributed by atoms with van der Waals surface area (Å²) in [6.07, 6.45) is 0. The molecule has 150 valence electrons. The van der Waals surface area contributed by atoms with E-state index in [1.165, 1.54) is 23.5 Å². The number of thiophene rings is 1. The van der Waals surface area contributed by atoms with Crippen molar-refractivity contribution in [3.05, 3.63) is 86.9 Å². The number of benzene rings is 2. The number of hydrazone groups is 1.